The van der Waals surface area contributed by atoms with Gasteiger partial charge >= 0.3 is 0 Å². The number of nitrogens with one attached hydrogen (secondary N) is 1. The van der Waals surface area contributed by atoms with Gasteiger partial charge in [0, 0.05) is 29.3 Å². The van der Waals surface area contributed by atoms with E-state index in [0.717, 1.165) is 54.0 Å². The zero-order chi connectivity index (χ0) is 13.0. The van der Waals surface area contributed by atoms with Crippen LogP contribution >= 0.6 is 11.8 Å². The van der Waals surface area contributed by atoms with Crippen LogP contribution in [0.15, 0.2) is 0 Å². The van der Waals surface area contributed by atoms with Crippen molar-refractivity contribution >= 4 is 17.6 Å². The molecule has 1 atom stereocenters. The fraction of sp³-hybridized carbons (Fsp3) is 0.692. The van der Waals surface area contributed by atoms with E-state index >= 15 is 0 Å². The van der Waals surface area contributed by atoms with E-state index in [1.807, 2.05) is 18.7 Å². The Morgan fingerprint density at radius 1 is 1.39 bits per heavy atom. The number of nitrogens with zero attached hydrogens (tertiary/aromatic N) is 2. The molecule has 1 unspecified atom stereocenters. The Labute approximate surface area is 113 Å². The number of anilines is 1. The quantitative estimate of drug-likeness (QED) is 0.909. The molecule has 1 aliphatic heterocycles. The maximum absolute atomic E-state index is 5.74. The smallest absolute Gasteiger partial charge is 0.160 e. The Morgan fingerprint density at radius 3 is 2.89 bits per heavy atom. The van der Waals surface area contributed by atoms with E-state index in [9.17, 15) is 0 Å². The third-order valence-electron chi connectivity index (χ3n) is 3.05. The summed E-state index contributed by atoms with van der Waals surface area (Å²) in [6, 6.07) is 0. The van der Waals surface area contributed by atoms with Crippen molar-refractivity contribution in [2.24, 2.45) is 0 Å². The summed E-state index contributed by atoms with van der Waals surface area (Å²) in [6.45, 7) is 7.99. The fourth-order valence-electron chi connectivity index (χ4n) is 1.85. The Kier molecular flexibility index (Phi) is 4.83. The number of aryl methyl sites for hydroxylation is 1. The summed E-state index contributed by atoms with van der Waals surface area (Å²) in [5.74, 6) is 3.81. The van der Waals surface area contributed by atoms with Gasteiger partial charge in [-0.1, -0.05) is 6.92 Å². The van der Waals surface area contributed by atoms with Crippen LogP contribution in [0, 0.1) is 13.8 Å². The summed E-state index contributed by atoms with van der Waals surface area (Å²) < 4.78 is 5.74. The van der Waals surface area contributed by atoms with Gasteiger partial charge in [-0.25, -0.2) is 9.97 Å². The highest BCUT2D eigenvalue weighted by atomic mass is 32.2. The maximum atomic E-state index is 5.74. The van der Waals surface area contributed by atoms with Crippen molar-refractivity contribution in [3.8, 4) is 0 Å². The van der Waals surface area contributed by atoms with Crippen LogP contribution < -0.4 is 5.32 Å². The molecule has 0 radical (unpaired) electrons. The molecule has 4 nitrogen and oxygen atoms in total. The van der Waals surface area contributed by atoms with Crippen molar-refractivity contribution < 1.29 is 4.74 Å². The van der Waals surface area contributed by atoms with E-state index in [-0.39, 0.29) is 6.10 Å². The average Bonchev–Trinajstić information content (AvgIpc) is 2.41. The highest BCUT2D eigenvalue weighted by Crippen LogP contribution is 2.26. The van der Waals surface area contributed by atoms with Crippen molar-refractivity contribution in [2.45, 2.75) is 33.3 Å². The predicted molar refractivity (Wildman–Crippen MR) is 76.3 cm³/mol. The lowest BCUT2D eigenvalue weighted by atomic mass is 10.2. The maximum Gasteiger partial charge on any atom is 0.160 e. The Bertz CT molecular complexity index is 405. The van der Waals surface area contributed by atoms with Crippen molar-refractivity contribution in [1.82, 2.24) is 9.97 Å². The second kappa shape index (κ2) is 6.38. The van der Waals surface area contributed by atoms with Crippen LogP contribution in [0.25, 0.3) is 0 Å². The minimum Gasteiger partial charge on any atom is -0.370 e. The molecular weight excluding hydrogens is 246 g/mol. The van der Waals surface area contributed by atoms with Crippen LogP contribution in [0.3, 0.4) is 0 Å². The lowest BCUT2D eigenvalue weighted by Gasteiger charge is -2.22. The van der Waals surface area contributed by atoms with Crippen LogP contribution in [0.4, 0.5) is 5.82 Å². The molecule has 0 aliphatic carbocycles. The van der Waals surface area contributed by atoms with E-state index in [4.69, 9.17) is 4.74 Å². The van der Waals surface area contributed by atoms with Gasteiger partial charge < -0.3 is 10.1 Å². The highest BCUT2D eigenvalue weighted by Gasteiger charge is 2.21. The second-order valence-electron chi connectivity index (χ2n) is 4.50. The Morgan fingerprint density at radius 2 is 2.22 bits per heavy atom. The van der Waals surface area contributed by atoms with Gasteiger partial charge in [-0.15, -0.1) is 0 Å². The first-order chi connectivity index (χ1) is 8.72. The fourth-order valence-corrected chi connectivity index (χ4v) is 2.69. The summed E-state index contributed by atoms with van der Waals surface area (Å²) in [5, 5.41) is 3.37. The van der Waals surface area contributed by atoms with Crippen molar-refractivity contribution in [3.05, 3.63) is 17.1 Å². The first kappa shape index (κ1) is 13.6. The van der Waals surface area contributed by atoms with E-state index in [1.54, 1.807) is 0 Å². The van der Waals surface area contributed by atoms with Crippen LogP contribution in [-0.2, 0) is 4.74 Å². The van der Waals surface area contributed by atoms with Crippen LogP contribution in [-0.4, -0.2) is 34.6 Å². The molecule has 100 valence electrons. The molecule has 2 heterocycles. The van der Waals surface area contributed by atoms with Gasteiger partial charge in [0.05, 0.1) is 6.61 Å². The number of hydrogen-bond acceptors (Lipinski definition) is 5. The Hall–Kier alpha value is -0.810. The minimum atomic E-state index is 0.0465. The summed E-state index contributed by atoms with van der Waals surface area (Å²) in [4.78, 5) is 9.21. The summed E-state index contributed by atoms with van der Waals surface area (Å²) in [5.41, 5.74) is 2.17. The third-order valence-corrected chi connectivity index (χ3v) is 4.05. The zero-order valence-corrected chi connectivity index (χ0v) is 12.1. The molecule has 0 amide bonds. The molecule has 0 saturated carbocycles. The number of thioether (sulfide) groups is 1. The molecule has 18 heavy (non-hydrogen) atoms. The molecule has 1 aromatic heterocycles. The monoisotopic (exact) mass is 267 g/mol. The zero-order valence-electron chi connectivity index (χ0n) is 11.3. The molecule has 0 aromatic carbocycles. The molecule has 0 spiro atoms. The van der Waals surface area contributed by atoms with Gasteiger partial charge in [-0.2, -0.15) is 11.8 Å². The largest absolute Gasteiger partial charge is 0.370 e. The van der Waals surface area contributed by atoms with E-state index in [2.05, 4.69) is 29.1 Å². The van der Waals surface area contributed by atoms with Crippen LogP contribution in [0.1, 0.15) is 36.5 Å². The van der Waals surface area contributed by atoms with Crippen LogP contribution in [0.2, 0.25) is 0 Å². The van der Waals surface area contributed by atoms with E-state index in [0.29, 0.717) is 0 Å². The first-order valence-corrected chi connectivity index (χ1v) is 7.66. The normalized spacial score (nSPS) is 19.8. The van der Waals surface area contributed by atoms with Crippen LogP contribution in [0.5, 0.6) is 0 Å². The highest BCUT2D eigenvalue weighted by molar-refractivity contribution is 7.99. The molecule has 1 aliphatic rings. The van der Waals surface area contributed by atoms with Gasteiger partial charge in [0.2, 0.25) is 0 Å². The summed E-state index contributed by atoms with van der Waals surface area (Å²) >= 11 is 1.91. The number of ether oxygens (including phenoxy) is 1. The lowest BCUT2D eigenvalue weighted by Crippen LogP contribution is -2.20. The summed E-state index contributed by atoms with van der Waals surface area (Å²) in [6.07, 6.45) is 1.14. The lowest BCUT2D eigenvalue weighted by molar-refractivity contribution is 0.0694. The van der Waals surface area contributed by atoms with E-state index < -0.39 is 0 Å². The predicted octanol–water partition coefficient (Wildman–Crippen LogP) is 2.72. The number of aromatic nitrogens is 2. The molecule has 1 saturated heterocycles. The van der Waals surface area contributed by atoms with Crippen molar-refractivity contribution in [2.75, 3.05) is 30.0 Å². The van der Waals surface area contributed by atoms with Gasteiger partial charge in [0.15, 0.2) is 5.82 Å². The van der Waals surface area contributed by atoms with Crippen molar-refractivity contribution in [3.63, 3.8) is 0 Å². The van der Waals surface area contributed by atoms with Gasteiger partial charge in [-0.05, 0) is 20.3 Å². The molecule has 5 heteroatoms. The average molecular weight is 267 g/mol. The van der Waals surface area contributed by atoms with E-state index in [1.165, 1.54) is 0 Å². The van der Waals surface area contributed by atoms with Gasteiger partial charge in [0.25, 0.3) is 0 Å². The molecule has 1 aromatic rings. The number of hydrogen-bond donors (Lipinski definition) is 1. The molecule has 1 fully saturated rings. The molecule has 1 N–H and O–H groups in total. The Balaban J connectivity index is 2.22. The van der Waals surface area contributed by atoms with Gasteiger partial charge in [-0.3, -0.25) is 0 Å². The minimum absolute atomic E-state index is 0.0465. The van der Waals surface area contributed by atoms with Gasteiger partial charge in [0.1, 0.15) is 11.9 Å². The third kappa shape index (κ3) is 3.14. The standard InChI is InChI=1S/C13H21N3OS/c1-4-5-14-12-9(2)10(3)15-13(16-12)11-8-18-7-6-17-11/h11H,4-8H2,1-3H3,(H,14,15,16). The molecule has 2 rings (SSSR count). The first-order valence-electron chi connectivity index (χ1n) is 6.50. The SMILES string of the molecule is CCCNc1nc(C2CSCCO2)nc(C)c1C. The number of rotatable bonds is 4. The topological polar surface area (TPSA) is 47.0 Å². The van der Waals surface area contributed by atoms with Crippen molar-refractivity contribution in [1.29, 1.82) is 0 Å². The summed E-state index contributed by atoms with van der Waals surface area (Å²) in [7, 11) is 0. The molecular formula is C13H21N3OS. The molecule has 0 bridgehead atoms. The second-order valence-corrected chi connectivity index (χ2v) is 5.65.